The first kappa shape index (κ1) is 26.9. The van der Waals surface area contributed by atoms with Crippen LogP contribution in [-0.2, 0) is 19.2 Å². The number of phenols is 1. The van der Waals surface area contributed by atoms with Gasteiger partial charge in [-0.2, -0.15) is 0 Å². The summed E-state index contributed by atoms with van der Waals surface area (Å²) < 4.78 is 11.4. The number of aromatic hydroxyl groups is 1. The second kappa shape index (κ2) is 10.1. The van der Waals surface area contributed by atoms with Crippen molar-refractivity contribution in [2.45, 2.75) is 18.8 Å². The molecule has 0 bridgehead atoms. The number of para-hydroxylation sites is 2. The summed E-state index contributed by atoms with van der Waals surface area (Å²) >= 11 is 0. The van der Waals surface area contributed by atoms with Crippen LogP contribution in [0.4, 0.5) is 11.4 Å². The van der Waals surface area contributed by atoms with Crippen molar-refractivity contribution in [3.8, 4) is 17.2 Å². The Bertz CT molecular complexity index is 1660. The number of fused-ring (bicyclic) bond motifs is 4. The summed E-state index contributed by atoms with van der Waals surface area (Å²) in [6.45, 7) is 0. The molecule has 218 valence electrons. The Morgan fingerprint density at radius 3 is 1.72 bits per heavy atom. The molecule has 3 aromatic carbocycles. The Morgan fingerprint density at radius 1 is 0.674 bits per heavy atom. The molecule has 1 saturated carbocycles. The van der Waals surface area contributed by atoms with Crippen molar-refractivity contribution in [1.29, 1.82) is 0 Å². The number of methoxy groups -OCH3 is 2. The van der Waals surface area contributed by atoms with Crippen LogP contribution in [0.25, 0.3) is 0 Å². The first-order valence-corrected chi connectivity index (χ1v) is 14.4. The fourth-order valence-electron chi connectivity index (χ4n) is 7.80. The lowest BCUT2D eigenvalue weighted by atomic mass is 9.57. The number of carbonyl (C=O) groups excluding carboxylic acids is 4. The molecule has 2 aliphatic carbocycles. The van der Waals surface area contributed by atoms with Gasteiger partial charge in [-0.1, -0.05) is 48.0 Å². The van der Waals surface area contributed by atoms with E-state index in [2.05, 4.69) is 0 Å². The van der Waals surface area contributed by atoms with Gasteiger partial charge in [0.05, 0.1) is 49.3 Å². The molecule has 0 spiro atoms. The average molecular weight is 579 g/mol. The molecule has 2 saturated heterocycles. The number of imide groups is 2. The number of carbonyl (C=O) groups is 4. The van der Waals surface area contributed by atoms with Gasteiger partial charge in [-0.15, -0.1) is 0 Å². The number of ether oxygens (including phenoxy) is 2. The van der Waals surface area contributed by atoms with E-state index in [4.69, 9.17) is 9.47 Å². The summed E-state index contributed by atoms with van der Waals surface area (Å²) in [5.74, 6) is -4.63. The molecule has 2 aliphatic heterocycles. The van der Waals surface area contributed by atoms with E-state index < -0.39 is 35.5 Å². The number of allylic oxidation sites excluding steroid dienone is 2. The highest BCUT2D eigenvalue weighted by atomic mass is 16.5. The molecule has 3 fully saturated rings. The van der Waals surface area contributed by atoms with Crippen LogP contribution in [0.5, 0.6) is 17.2 Å². The number of phenolic OH excluding ortho intramolecular Hbond substituents is 1. The highest BCUT2D eigenvalue weighted by molar-refractivity contribution is 6.24. The number of hydrogen-bond acceptors (Lipinski definition) is 7. The number of rotatable bonds is 5. The maximum atomic E-state index is 14.3. The van der Waals surface area contributed by atoms with Gasteiger partial charge in [-0.25, -0.2) is 0 Å². The highest BCUT2D eigenvalue weighted by Gasteiger charge is 2.63. The Morgan fingerprint density at radius 2 is 1.19 bits per heavy atom. The third kappa shape index (κ3) is 3.91. The molecule has 0 radical (unpaired) electrons. The molecule has 1 N–H and O–H groups in total. The summed E-state index contributed by atoms with van der Waals surface area (Å²) in [7, 11) is 2.94. The Kier molecular flexibility index (Phi) is 6.34. The maximum Gasteiger partial charge on any atom is 0.238 e. The minimum Gasteiger partial charge on any atom is -0.508 e. The lowest BCUT2D eigenvalue weighted by molar-refractivity contribution is -0.126. The van der Waals surface area contributed by atoms with Crippen LogP contribution < -0.4 is 19.3 Å². The van der Waals surface area contributed by atoms with Gasteiger partial charge in [-0.05, 0) is 43.0 Å². The normalized spacial score (nSPS) is 27.9. The molecule has 6 atom stereocenters. The summed E-state index contributed by atoms with van der Waals surface area (Å²) in [5, 5.41) is 10.4. The van der Waals surface area contributed by atoms with Crippen molar-refractivity contribution in [3.63, 3.8) is 0 Å². The van der Waals surface area contributed by atoms with Crippen LogP contribution in [0, 0.1) is 29.6 Å². The zero-order valence-electron chi connectivity index (χ0n) is 23.7. The molecule has 9 heteroatoms. The third-order valence-electron chi connectivity index (χ3n) is 9.52. The molecule has 4 amide bonds. The van der Waals surface area contributed by atoms with E-state index in [0.717, 1.165) is 5.57 Å². The van der Waals surface area contributed by atoms with Crippen LogP contribution in [0.1, 0.15) is 24.3 Å². The first-order valence-electron chi connectivity index (χ1n) is 14.4. The van der Waals surface area contributed by atoms with Crippen LogP contribution in [0.2, 0.25) is 0 Å². The van der Waals surface area contributed by atoms with Gasteiger partial charge in [0, 0.05) is 23.6 Å². The minimum atomic E-state index is -0.795. The molecule has 4 aliphatic rings. The van der Waals surface area contributed by atoms with Crippen LogP contribution in [0.15, 0.2) is 84.4 Å². The third-order valence-corrected chi connectivity index (χ3v) is 9.52. The Labute approximate surface area is 248 Å². The molecule has 0 aromatic heterocycles. The predicted molar refractivity (Wildman–Crippen MR) is 157 cm³/mol. The standard InChI is InChI=1S/C34H30N2O7/c1-42-25-15-20(37)16-26(43-2)30(25)28-21-13-14-22-27(33(40)35(31(22)38)18-9-5-3-6-10-18)23(21)17-24-29(28)34(41)36(32(24)39)19-11-7-4-8-12-19/h3-13,15-16,22-24,27-29,37H,14,17H2,1-2H3. The maximum absolute atomic E-state index is 14.3. The lowest BCUT2D eigenvalue weighted by Gasteiger charge is -2.44. The van der Waals surface area contributed by atoms with Gasteiger partial charge in [0.25, 0.3) is 0 Å². The van der Waals surface area contributed by atoms with Crippen molar-refractivity contribution in [3.05, 3.63) is 90.0 Å². The highest BCUT2D eigenvalue weighted by Crippen LogP contribution is 2.60. The van der Waals surface area contributed by atoms with Crippen molar-refractivity contribution in [1.82, 2.24) is 0 Å². The predicted octanol–water partition coefficient (Wildman–Crippen LogP) is 4.45. The molecular weight excluding hydrogens is 548 g/mol. The van der Waals surface area contributed by atoms with Crippen molar-refractivity contribution >= 4 is 35.0 Å². The van der Waals surface area contributed by atoms with E-state index in [-0.39, 0.29) is 35.8 Å². The SMILES string of the molecule is COc1cc(O)cc(OC)c1C1C2=CCC3C(=O)N(c4ccccc4)C(=O)C3C2CC2C(=O)N(c3ccccc3)C(=O)C21. The molecule has 43 heavy (non-hydrogen) atoms. The number of hydrogen-bond donors (Lipinski definition) is 1. The van der Waals surface area contributed by atoms with Gasteiger partial charge in [0.1, 0.15) is 17.2 Å². The van der Waals surface area contributed by atoms with E-state index in [9.17, 15) is 24.3 Å². The fourth-order valence-corrected chi connectivity index (χ4v) is 7.80. The van der Waals surface area contributed by atoms with E-state index in [1.165, 1.54) is 36.2 Å². The summed E-state index contributed by atoms with van der Waals surface area (Å²) in [6, 6.07) is 20.6. The van der Waals surface area contributed by atoms with Crippen LogP contribution in [0.3, 0.4) is 0 Å². The second-order valence-corrected chi connectivity index (χ2v) is 11.5. The molecule has 9 nitrogen and oxygen atoms in total. The molecule has 3 aromatic rings. The summed E-state index contributed by atoms with van der Waals surface area (Å²) in [6.07, 6.45) is 2.55. The summed E-state index contributed by atoms with van der Waals surface area (Å²) in [4.78, 5) is 58.7. The Balaban J connectivity index is 1.40. The fraction of sp³-hybridized carbons (Fsp3) is 0.294. The minimum absolute atomic E-state index is 0.0751. The number of nitrogens with zero attached hydrogens (tertiary/aromatic N) is 2. The van der Waals surface area contributed by atoms with Gasteiger partial charge < -0.3 is 14.6 Å². The Hall–Kier alpha value is -4.92. The topological polar surface area (TPSA) is 113 Å². The quantitative estimate of drug-likeness (QED) is 0.352. The van der Waals surface area contributed by atoms with E-state index in [1.807, 2.05) is 18.2 Å². The zero-order valence-corrected chi connectivity index (χ0v) is 23.7. The second-order valence-electron chi connectivity index (χ2n) is 11.5. The zero-order chi connectivity index (χ0) is 30.0. The van der Waals surface area contributed by atoms with Crippen molar-refractivity contribution in [2.75, 3.05) is 24.0 Å². The number of anilines is 2. The van der Waals surface area contributed by atoms with Crippen molar-refractivity contribution in [2.24, 2.45) is 29.6 Å². The van der Waals surface area contributed by atoms with E-state index in [0.29, 0.717) is 34.9 Å². The van der Waals surface area contributed by atoms with E-state index >= 15 is 0 Å². The van der Waals surface area contributed by atoms with Gasteiger partial charge in [0.2, 0.25) is 23.6 Å². The first-order chi connectivity index (χ1) is 20.8. The van der Waals surface area contributed by atoms with Crippen molar-refractivity contribution < 1.29 is 33.8 Å². The monoisotopic (exact) mass is 578 g/mol. The van der Waals surface area contributed by atoms with Gasteiger partial charge in [0.15, 0.2) is 0 Å². The average Bonchev–Trinajstić information content (AvgIpc) is 3.44. The molecule has 7 rings (SSSR count). The molecule has 2 heterocycles. The number of amides is 4. The van der Waals surface area contributed by atoms with Crippen LogP contribution >= 0.6 is 0 Å². The molecular formula is C34H30N2O7. The number of benzene rings is 3. The van der Waals surface area contributed by atoms with Crippen LogP contribution in [-0.4, -0.2) is 43.0 Å². The van der Waals surface area contributed by atoms with Gasteiger partial charge in [-0.3, -0.25) is 29.0 Å². The van der Waals surface area contributed by atoms with E-state index in [1.54, 1.807) is 48.5 Å². The smallest absolute Gasteiger partial charge is 0.238 e. The lowest BCUT2D eigenvalue weighted by Crippen LogP contribution is -2.43. The van der Waals surface area contributed by atoms with Gasteiger partial charge >= 0.3 is 0 Å². The molecule has 6 unspecified atom stereocenters. The summed E-state index contributed by atoms with van der Waals surface area (Å²) in [5.41, 5.74) is 2.34. The largest absolute Gasteiger partial charge is 0.508 e.